The van der Waals surface area contributed by atoms with E-state index >= 15 is 0 Å². The Bertz CT molecular complexity index is 894. The van der Waals surface area contributed by atoms with E-state index in [1.807, 2.05) is 6.07 Å². The SMILES string of the molecule is COc1ccc(CN2CCN(C(c3ccccc3)c3ccccc3)CC2)cc1OC.Cl.Cl. The minimum atomic E-state index is 0. The highest BCUT2D eigenvalue weighted by Crippen LogP contribution is 2.31. The molecule has 32 heavy (non-hydrogen) atoms. The largest absolute Gasteiger partial charge is 0.493 e. The summed E-state index contributed by atoms with van der Waals surface area (Å²) in [7, 11) is 3.36. The van der Waals surface area contributed by atoms with Gasteiger partial charge in [-0.25, -0.2) is 0 Å². The van der Waals surface area contributed by atoms with Crippen LogP contribution in [-0.2, 0) is 6.54 Å². The molecule has 1 saturated heterocycles. The van der Waals surface area contributed by atoms with Crippen molar-refractivity contribution in [2.45, 2.75) is 12.6 Å². The van der Waals surface area contributed by atoms with Gasteiger partial charge in [0, 0.05) is 32.7 Å². The molecule has 0 aromatic heterocycles. The first kappa shape index (κ1) is 26.0. The number of hydrogen-bond acceptors (Lipinski definition) is 4. The van der Waals surface area contributed by atoms with Gasteiger partial charge in [-0.15, -0.1) is 24.8 Å². The molecule has 0 atom stereocenters. The third-order valence-electron chi connectivity index (χ3n) is 5.86. The van der Waals surface area contributed by atoms with Crippen LogP contribution in [0.15, 0.2) is 78.9 Å². The average Bonchev–Trinajstić information content (AvgIpc) is 2.82. The number of benzene rings is 3. The molecular formula is C26H32Cl2N2O2. The van der Waals surface area contributed by atoms with Crippen LogP contribution in [-0.4, -0.2) is 50.2 Å². The van der Waals surface area contributed by atoms with Gasteiger partial charge >= 0.3 is 0 Å². The Labute approximate surface area is 204 Å². The second kappa shape index (κ2) is 12.7. The van der Waals surface area contributed by atoms with Crippen LogP contribution in [0.5, 0.6) is 11.5 Å². The molecule has 0 amide bonds. The van der Waals surface area contributed by atoms with Gasteiger partial charge in [0.15, 0.2) is 11.5 Å². The van der Waals surface area contributed by atoms with Crippen LogP contribution in [0.2, 0.25) is 0 Å². The first-order chi connectivity index (χ1) is 14.8. The summed E-state index contributed by atoms with van der Waals surface area (Å²) in [6.45, 7) is 5.11. The van der Waals surface area contributed by atoms with Crippen molar-refractivity contribution in [3.8, 4) is 11.5 Å². The Balaban J connectivity index is 0.00000181. The van der Waals surface area contributed by atoms with Gasteiger partial charge in [-0.3, -0.25) is 9.80 Å². The predicted octanol–water partition coefficient (Wildman–Crippen LogP) is 5.45. The van der Waals surface area contributed by atoms with E-state index in [1.165, 1.54) is 16.7 Å². The van der Waals surface area contributed by atoms with Crippen molar-refractivity contribution in [2.75, 3.05) is 40.4 Å². The quantitative estimate of drug-likeness (QED) is 0.454. The lowest BCUT2D eigenvalue weighted by molar-refractivity contribution is 0.105. The van der Waals surface area contributed by atoms with Crippen LogP contribution >= 0.6 is 24.8 Å². The molecule has 3 aromatic carbocycles. The summed E-state index contributed by atoms with van der Waals surface area (Å²) in [5.74, 6) is 1.57. The van der Waals surface area contributed by atoms with E-state index in [1.54, 1.807) is 14.2 Å². The Morgan fingerprint density at radius 3 is 1.72 bits per heavy atom. The molecule has 1 aliphatic heterocycles. The third kappa shape index (κ3) is 6.17. The zero-order chi connectivity index (χ0) is 20.8. The van der Waals surface area contributed by atoms with Crippen LogP contribution in [0.1, 0.15) is 22.7 Å². The molecule has 6 heteroatoms. The summed E-state index contributed by atoms with van der Waals surface area (Å²) in [5.41, 5.74) is 3.97. The molecule has 4 nitrogen and oxygen atoms in total. The molecule has 0 saturated carbocycles. The summed E-state index contributed by atoms with van der Waals surface area (Å²) >= 11 is 0. The van der Waals surface area contributed by atoms with E-state index in [0.717, 1.165) is 44.2 Å². The maximum absolute atomic E-state index is 5.46. The van der Waals surface area contributed by atoms with Gasteiger partial charge in [0.05, 0.1) is 20.3 Å². The van der Waals surface area contributed by atoms with Crippen LogP contribution in [0, 0.1) is 0 Å². The summed E-state index contributed by atoms with van der Waals surface area (Å²) in [6, 6.07) is 28.2. The topological polar surface area (TPSA) is 24.9 Å². The first-order valence-electron chi connectivity index (χ1n) is 10.6. The van der Waals surface area contributed by atoms with Crippen LogP contribution < -0.4 is 9.47 Å². The number of nitrogens with zero attached hydrogens (tertiary/aromatic N) is 2. The van der Waals surface area contributed by atoms with Gasteiger partial charge in [0.25, 0.3) is 0 Å². The average molecular weight is 475 g/mol. The van der Waals surface area contributed by atoms with Crippen molar-refractivity contribution >= 4 is 24.8 Å². The molecule has 0 aliphatic carbocycles. The molecule has 172 valence electrons. The van der Waals surface area contributed by atoms with E-state index < -0.39 is 0 Å². The van der Waals surface area contributed by atoms with E-state index in [9.17, 15) is 0 Å². The smallest absolute Gasteiger partial charge is 0.161 e. The fourth-order valence-electron chi connectivity index (χ4n) is 4.30. The molecular weight excluding hydrogens is 443 g/mol. The molecule has 0 bridgehead atoms. The van der Waals surface area contributed by atoms with Gasteiger partial charge in [0.1, 0.15) is 0 Å². The second-order valence-electron chi connectivity index (χ2n) is 7.73. The molecule has 1 aliphatic rings. The van der Waals surface area contributed by atoms with Gasteiger partial charge < -0.3 is 9.47 Å². The van der Waals surface area contributed by atoms with Crippen molar-refractivity contribution in [1.82, 2.24) is 9.80 Å². The van der Waals surface area contributed by atoms with Crippen molar-refractivity contribution < 1.29 is 9.47 Å². The Morgan fingerprint density at radius 2 is 1.22 bits per heavy atom. The Hall–Kier alpha value is -2.24. The lowest BCUT2D eigenvalue weighted by atomic mass is 9.96. The summed E-state index contributed by atoms with van der Waals surface area (Å²) in [4.78, 5) is 5.13. The maximum Gasteiger partial charge on any atom is 0.161 e. The van der Waals surface area contributed by atoms with Crippen molar-refractivity contribution in [2.24, 2.45) is 0 Å². The molecule has 0 spiro atoms. The highest BCUT2D eigenvalue weighted by molar-refractivity contribution is 5.85. The highest BCUT2D eigenvalue weighted by Gasteiger charge is 2.26. The summed E-state index contributed by atoms with van der Waals surface area (Å²) in [6.07, 6.45) is 0. The number of hydrogen-bond donors (Lipinski definition) is 0. The van der Waals surface area contributed by atoms with E-state index in [-0.39, 0.29) is 24.8 Å². The number of piperazine rings is 1. The Morgan fingerprint density at radius 1 is 0.688 bits per heavy atom. The molecule has 4 rings (SSSR count). The molecule has 0 N–H and O–H groups in total. The van der Waals surface area contributed by atoms with Crippen molar-refractivity contribution in [3.63, 3.8) is 0 Å². The van der Waals surface area contributed by atoms with Crippen LogP contribution in [0.25, 0.3) is 0 Å². The van der Waals surface area contributed by atoms with Gasteiger partial charge in [-0.2, -0.15) is 0 Å². The van der Waals surface area contributed by atoms with Crippen molar-refractivity contribution in [3.05, 3.63) is 95.6 Å². The number of rotatable bonds is 7. The monoisotopic (exact) mass is 474 g/mol. The third-order valence-corrected chi connectivity index (χ3v) is 5.86. The minimum absolute atomic E-state index is 0. The molecule has 0 unspecified atom stereocenters. The Kier molecular flexibility index (Phi) is 10.3. The molecule has 1 fully saturated rings. The van der Waals surface area contributed by atoms with Gasteiger partial charge in [0.2, 0.25) is 0 Å². The van der Waals surface area contributed by atoms with Gasteiger partial charge in [-0.05, 0) is 28.8 Å². The summed E-state index contributed by atoms with van der Waals surface area (Å²) < 4.78 is 10.8. The zero-order valence-corrected chi connectivity index (χ0v) is 20.3. The standard InChI is InChI=1S/C26H30N2O2.2ClH/c1-29-24-14-13-21(19-25(24)30-2)20-27-15-17-28(18-16-27)26(22-9-5-3-6-10-22)23-11-7-4-8-12-23;;/h3-14,19,26H,15-18,20H2,1-2H3;2*1H. The van der Waals surface area contributed by atoms with Gasteiger partial charge in [-0.1, -0.05) is 66.7 Å². The fraction of sp³-hybridized carbons (Fsp3) is 0.308. The maximum atomic E-state index is 5.46. The lowest BCUT2D eigenvalue weighted by Gasteiger charge is -2.40. The van der Waals surface area contributed by atoms with Crippen LogP contribution in [0.4, 0.5) is 0 Å². The molecule has 3 aromatic rings. The normalized spacial score (nSPS) is 14.3. The highest BCUT2D eigenvalue weighted by atomic mass is 35.5. The van der Waals surface area contributed by atoms with Crippen molar-refractivity contribution in [1.29, 1.82) is 0 Å². The molecule has 1 heterocycles. The molecule has 0 radical (unpaired) electrons. The van der Waals surface area contributed by atoms with E-state index in [2.05, 4.69) is 82.6 Å². The summed E-state index contributed by atoms with van der Waals surface area (Å²) in [5, 5.41) is 0. The number of halogens is 2. The first-order valence-corrected chi connectivity index (χ1v) is 10.6. The second-order valence-corrected chi connectivity index (χ2v) is 7.73. The number of methoxy groups -OCH3 is 2. The van der Waals surface area contributed by atoms with E-state index in [4.69, 9.17) is 9.47 Å². The lowest BCUT2D eigenvalue weighted by Crippen LogP contribution is -2.47. The fourth-order valence-corrected chi connectivity index (χ4v) is 4.30. The number of ether oxygens (including phenoxy) is 2. The van der Waals surface area contributed by atoms with E-state index in [0.29, 0.717) is 6.04 Å². The zero-order valence-electron chi connectivity index (χ0n) is 18.6. The van der Waals surface area contributed by atoms with Crippen LogP contribution in [0.3, 0.4) is 0 Å². The predicted molar refractivity (Wildman–Crippen MR) is 136 cm³/mol. The minimum Gasteiger partial charge on any atom is -0.493 e.